The summed E-state index contributed by atoms with van der Waals surface area (Å²) in [5.41, 5.74) is 11.9. The standard InChI is InChI=1S/C19H16N6OS2/c20-25-23-8-10-1-4-13-15(5-10)28-19-17(13)18(21-9-22-19)24-12-3-2-11-6-16(26)27-14(11)7-12/h2-3,7,9-10H,1,4-6,8H2,(H,21,22,24). The van der Waals surface area contributed by atoms with E-state index in [0.29, 0.717) is 18.9 Å². The molecule has 9 heteroatoms. The molecule has 28 heavy (non-hydrogen) atoms. The van der Waals surface area contributed by atoms with E-state index in [1.54, 1.807) is 17.7 Å². The van der Waals surface area contributed by atoms with Crippen LogP contribution < -0.4 is 5.32 Å². The molecule has 0 bridgehead atoms. The summed E-state index contributed by atoms with van der Waals surface area (Å²) in [6.07, 6.45) is 4.97. The Balaban J connectivity index is 1.48. The second-order valence-corrected chi connectivity index (χ2v) is 9.21. The molecule has 0 spiro atoms. The van der Waals surface area contributed by atoms with Gasteiger partial charge in [-0.2, -0.15) is 0 Å². The Kier molecular flexibility index (Phi) is 4.43. The van der Waals surface area contributed by atoms with Crippen molar-refractivity contribution in [2.45, 2.75) is 30.6 Å². The van der Waals surface area contributed by atoms with Crippen LogP contribution in [0.1, 0.15) is 22.4 Å². The quantitative estimate of drug-likeness (QED) is 0.371. The summed E-state index contributed by atoms with van der Waals surface area (Å²) < 4.78 is 0. The molecule has 140 valence electrons. The van der Waals surface area contributed by atoms with Gasteiger partial charge in [-0.1, -0.05) is 22.9 Å². The maximum atomic E-state index is 11.7. The number of carbonyl (C=O) groups is 1. The number of azide groups is 1. The van der Waals surface area contributed by atoms with Crippen LogP contribution in [-0.4, -0.2) is 21.6 Å². The largest absolute Gasteiger partial charge is 0.340 e. The van der Waals surface area contributed by atoms with Crippen LogP contribution in [0.3, 0.4) is 0 Å². The molecule has 2 aliphatic rings. The van der Waals surface area contributed by atoms with E-state index in [2.05, 4.69) is 25.3 Å². The van der Waals surface area contributed by atoms with Crippen LogP contribution in [0.5, 0.6) is 0 Å². The van der Waals surface area contributed by atoms with Crippen LogP contribution in [0.2, 0.25) is 0 Å². The zero-order valence-electron chi connectivity index (χ0n) is 14.9. The van der Waals surface area contributed by atoms with Crippen molar-refractivity contribution in [2.75, 3.05) is 11.9 Å². The van der Waals surface area contributed by atoms with Gasteiger partial charge in [0.25, 0.3) is 0 Å². The molecule has 5 rings (SSSR count). The summed E-state index contributed by atoms with van der Waals surface area (Å²) in [6, 6.07) is 6.03. The molecule has 0 saturated carbocycles. The third kappa shape index (κ3) is 3.11. The van der Waals surface area contributed by atoms with E-state index < -0.39 is 0 Å². The molecule has 0 amide bonds. The van der Waals surface area contributed by atoms with Gasteiger partial charge in [0, 0.05) is 33.3 Å². The van der Waals surface area contributed by atoms with Crippen LogP contribution in [0, 0.1) is 5.92 Å². The average Bonchev–Trinajstić information content (AvgIpc) is 3.25. The van der Waals surface area contributed by atoms with Crippen LogP contribution in [-0.2, 0) is 24.1 Å². The van der Waals surface area contributed by atoms with Crippen molar-refractivity contribution in [2.24, 2.45) is 11.0 Å². The van der Waals surface area contributed by atoms with Crippen LogP contribution in [0.25, 0.3) is 20.7 Å². The van der Waals surface area contributed by atoms with Gasteiger partial charge < -0.3 is 5.32 Å². The topological polar surface area (TPSA) is 104 Å². The van der Waals surface area contributed by atoms with E-state index in [-0.39, 0.29) is 5.12 Å². The van der Waals surface area contributed by atoms with Crippen molar-refractivity contribution in [3.63, 3.8) is 0 Å². The van der Waals surface area contributed by atoms with Gasteiger partial charge in [-0.05, 0) is 54.0 Å². The highest BCUT2D eigenvalue weighted by Crippen LogP contribution is 2.41. The van der Waals surface area contributed by atoms with Crippen molar-refractivity contribution in [1.82, 2.24) is 9.97 Å². The Morgan fingerprint density at radius 1 is 1.36 bits per heavy atom. The first-order valence-electron chi connectivity index (χ1n) is 9.08. The van der Waals surface area contributed by atoms with Crippen molar-refractivity contribution >= 4 is 49.9 Å². The number of anilines is 2. The van der Waals surface area contributed by atoms with E-state index in [4.69, 9.17) is 5.53 Å². The van der Waals surface area contributed by atoms with Gasteiger partial charge in [-0.3, -0.25) is 4.79 Å². The predicted octanol–water partition coefficient (Wildman–Crippen LogP) is 5.02. The van der Waals surface area contributed by atoms with E-state index in [1.807, 2.05) is 18.2 Å². The zero-order chi connectivity index (χ0) is 19.1. The Morgan fingerprint density at radius 3 is 3.18 bits per heavy atom. The Morgan fingerprint density at radius 2 is 2.29 bits per heavy atom. The highest BCUT2D eigenvalue weighted by Gasteiger charge is 2.25. The second-order valence-electron chi connectivity index (χ2n) is 7.03. The summed E-state index contributed by atoms with van der Waals surface area (Å²) in [7, 11) is 0. The fraction of sp³-hybridized carbons (Fsp3) is 0.316. The SMILES string of the molecule is [N-]=[N+]=NCC1CCc2c(sc3ncnc(Nc4ccc5c(c4)SC(=O)C5)c23)C1. The number of fused-ring (bicyclic) bond motifs is 4. The molecule has 1 N–H and O–H groups in total. The summed E-state index contributed by atoms with van der Waals surface area (Å²) in [5, 5.41) is 8.47. The normalized spacial score (nSPS) is 17.9. The smallest absolute Gasteiger partial charge is 0.198 e. The predicted molar refractivity (Wildman–Crippen MR) is 111 cm³/mol. The van der Waals surface area contributed by atoms with Gasteiger partial charge in [-0.25, -0.2) is 9.97 Å². The van der Waals surface area contributed by atoms with Gasteiger partial charge in [0.1, 0.15) is 17.0 Å². The van der Waals surface area contributed by atoms with E-state index in [1.165, 1.54) is 22.2 Å². The number of hydrogen-bond donors (Lipinski definition) is 1. The van der Waals surface area contributed by atoms with E-state index in [9.17, 15) is 4.79 Å². The monoisotopic (exact) mass is 408 g/mol. The number of aromatic nitrogens is 2. The molecule has 1 aromatic carbocycles. The summed E-state index contributed by atoms with van der Waals surface area (Å²) in [4.78, 5) is 26.9. The fourth-order valence-corrected chi connectivity index (χ4v) is 6.14. The lowest BCUT2D eigenvalue weighted by molar-refractivity contribution is -0.110. The minimum atomic E-state index is 0.193. The molecule has 3 heterocycles. The highest BCUT2D eigenvalue weighted by molar-refractivity contribution is 8.14. The van der Waals surface area contributed by atoms with Crippen molar-refractivity contribution in [1.29, 1.82) is 0 Å². The Labute approximate surface area is 169 Å². The molecule has 7 nitrogen and oxygen atoms in total. The van der Waals surface area contributed by atoms with Crippen molar-refractivity contribution < 1.29 is 4.79 Å². The lowest BCUT2D eigenvalue weighted by Crippen LogP contribution is -2.15. The van der Waals surface area contributed by atoms with Crippen LogP contribution in [0.4, 0.5) is 11.5 Å². The number of nitrogens with zero attached hydrogens (tertiary/aromatic N) is 5. The number of nitrogens with one attached hydrogen (secondary N) is 1. The second kappa shape index (κ2) is 7.09. The number of rotatable bonds is 4. The zero-order valence-corrected chi connectivity index (χ0v) is 16.5. The molecule has 1 unspecified atom stereocenters. The molecular formula is C19H16N6OS2. The Hall–Kier alpha value is -2.61. The molecule has 2 aromatic heterocycles. The Bertz CT molecular complexity index is 1150. The molecule has 0 fully saturated rings. The number of thiophene rings is 1. The number of benzene rings is 1. The van der Waals surface area contributed by atoms with Crippen LogP contribution >= 0.6 is 23.1 Å². The molecule has 1 aliphatic heterocycles. The number of carbonyl (C=O) groups excluding carboxylic acids is 1. The first-order valence-corrected chi connectivity index (χ1v) is 10.7. The summed E-state index contributed by atoms with van der Waals surface area (Å²) in [5.74, 6) is 1.21. The minimum Gasteiger partial charge on any atom is -0.340 e. The van der Waals surface area contributed by atoms with Crippen molar-refractivity contribution in [3.05, 3.63) is 51.0 Å². The summed E-state index contributed by atoms with van der Waals surface area (Å²) >= 11 is 3.01. The first-order chi connectivity index (χ1) is 13.7. The maximum Gasteiger partial charge on any atom is 0.198 e. The fourth-order valence-electron chi connectivity index (χ4n) is 3.91. The van der Waals surface area contributed by atoms with E-state index >= 15 is 0 Å². The number of aryl methyl sites for hydroxylation is 1. The average molecular weight is 409 g/mol. The maximum absolute atomic E-state index is 11.7. The molecule has 0 saturated heterocycles. The third-order valence-corrected chi connectivity index (χ3v) is 7.37. The first kappa shape index (κ1) is 17.5. The summed E-state index contributed by atoms with van der Waals surface area (Å²) in [6.45, 7) is 0.548. The number of hydrogen-bond acceptors (Lipinski definition) is 7. The number of thioether (sulfide) groups is 1. The molecular weight excluding hydrogens is 392 g/mol. The lowest BCUT2D eigenvalue weighted by atomic mass is 9.88. The van der Waals surface area contributed by atoms with Gasteiger partial charge >= 0.3 is 0 Å². The van der Waals surface area contributed by atoms with Gasteiger partial charge in [0.05, 0.1) is 5.39 Å². The van der Waals surface area contributed by atoms with Crippen LogP contribution in [0.15, 0.2) is 34.5 Å². The minimum absolute atomic E-state index is 0.193. The van der Waals surface area contributed by atoms with E-state index in [0.717, 1.165) is 51.4 Å². The molecule has 1 aliphatic carbocycles. The highest BCUT2D eigenvalue weighted by atomic mass is 32.2. The molecule has 3 aromatic rings. The molecule has 1 atom stereocenters. The van der Waals surface area contributed by atoms with Gasteiger partial charge in [0.15, 0.2) is 5.12 Å². The lowest BCUT2D eigenvalue weighted by Gasteiger charge is -2.20. The van der Waals surface area contributed by atoms with Crippen molar-refractivity contribution in [3.8, 4) is 0 Å². The molecule has 0 radical (unpaired) electrons. The third-order valence-electron chi connectivity index (χ3n) is 5.24. The van der Waals surface area contributed by atoms with Gasteiger partial charge in [-0.15, -0.1) is 11.3 Å². The van der Waals surface area contributed by atoms with Gasteiger partial charge in [0.2, 0.25) is 0 Å².